The van der Waals surface area contributed by atoms with Gasteiger partial charge < -0.3 is 10.1 Å². The number of carbonyl (C=O) groups is 1. The minimum Gasteiger partial charge on any atom is -0.496 e. The summed E-state index contributed by atoms with van der Waals surface area (Å²) in [6.07, 6.45) is 1.68. The molecule has 1 amide bonds. The van der Waals surface area contributed by atoms with Crippen molar-refractivity contribution >= 4 is 11.6 Å². The van der Waals surface area contributed by atoms with Gasteiger partial charge in [0.15, 0.2) is 0 Å². The summed E-state index contributed by atoms with van der Waals surface area (Å²) in [6, 6.07) is 13.4. The second-order valence-electron chi connectivity index (χ2n) is 5.49. The summed E-state index contributed by atoms with van der Waals surface area (Å²) >= 11 is 0. The number of non-ortho nitro benzene ring substituents is 1. The van der Waals surface area contributed by atoms with E-state index in [2.05, 4.69) is 15.5 Å². The summed E-state index contributed by atoms with van der Waals surface area (Å²) in [5.74, 6) is -0.161. The van der Waals surface area contributed by atoms with Gasteiger partial charge in [-0.3, -0.25) is 20.0 Å². The number of nitrogens with one attached hydrogen (secondary N) is 2. The second-order valence-corrected chi connectivity index (χ2v) is 5.49. The highest BCUT2D eigenvalue weighted by Crippen LogP contribution is 2.24. The molecule has 0 bridgehead atoms. The van der Waals surface area contributed by atoms with E-state index in [4.69, 9.17) is 4.74 Å². The molecule has 2 aromatic carbocycles. The predicted molar refractivity (Wildman–Crippen MR) is 94.8 cm³/mol. The number of H-pyrrole nitrogens is 1. The van der Waals surface area contributed by atoms with Gasteiger partial charge >= 0.3 is 0 Å². The lowest BCUT2D eigenvalue weighted by molar-refractivity contribution is -0.384. The number of aromatic amines is 1. The third-order valence-corrected chi connectivity index (χ3v) is 3.86. The van der Waals surface area contributed by atoms with Crippen LogP contribution in [0, 0.1) is 10.1 Å². The molecule has 2 N–H and O–H groups in total. The zero-order valence-electron chi connectivity index (χ0n) is 13.9. The summed E-state index contributed by atoms with van der Waals surface area (Å²) in [5, 5.41) is 20.4. The van der Waals surface area contributed by atoms with Crippen LogP contribution in [0.2, 0.25) is 0 Å². The molecule has 0 radical (unpaired) electrons. The molecule has 3 rings (SSSR count). The van der Waals surface area contributed by atoms with E-state index in [1.165, 1.54) is 25.3 Å². The number of carbonyl (C=O) groups excluding carboxylic acids is 1. The van der Waals surface area contributed by atoms with Gasteiger partial charge in [-0.2, -0.15) is 5.10 Å². The molecule has 1 aromatic heterocycles. The Balaban J connectivity index is 1.70. The highest BCUT2D eigenvalue weighted by atomic mass is 16.6. The number of rotatable bonds is 6. The molecule has 26 heavy (non-hydrogen) atoms. The van der Waals surface area contributed by atoms with Crippen molar-refractivity contribution in [3.8, 4) is 17.0 Å². The molecule has 8 heteroatoms. The molecule has 0 atom stereocenters. The zero-order valence-corrected chi connectivity index (χ0v) is 13.9. The van der Waals surface area contributed by atoms with Gasteiger partial charge in [-0.15, -0.1) is 0 Å². The number of nitrogens with zero attached hydrogens (tertiary/aromatic N) is 2. The Morgan fingerprint density at radius 2 is 2.00 bits per heavy atom. The Labute approximate surface area is 149 Å². The maximum atomic E-state index is 12.4. The van der Waals surface area contributed by atoms with Crippen LogP contribution >= 0.6 is 0 Å². The Bertz CT molecular complexity index is 921. The summed E-state index contributed by atoms with van der Waals surface area (Å²) < 4.78 is 5.12. The van der Waals surface area contributed by atoms with Gasteiger partial charge in [-0.05, 0) is 23.3 Å². The minimum atomic E-state index is -0.551. The zero-order chi connectivity index (χ0) is 18.5. The van der Waals surface area contributed by atoms with Gasteiger partial charge in [0.1, 0.15) is 5.75 Å². The van der Waals surface area contributed by atoms with Crippen molar-refractivity contribution in [2.75, 3.05) is 7.11 Å². The van der Waals surface area contributed by atoms with Gasteiger partial charge in [0.25, 0.3) is 11.6 Å². The van der Waals surface area contributed by atoms with Crippen molar-refractivity contribution in [2.24, 2.45) is 0 Å². The number of methoxy groups -OCH3 is 1. The molecular weight excluding hydrogens is 336 g/mol. The van der Waals surface area contributed by atoms with Gasteiger partial charge in [-0.25, -0.2) is 0 Å². The van der Waals surface area contributed by atoms with E-state index in [9.17, 15) is 14.9 Å². The molecule has 0 spiro atoms. The largest absolute Gasteiger partial charge is 0.496 e. The fraction of sp³-hybridized carbons (Fsp3) is 0.111. The Kier molecular flexibility index (Phi) is 4.93. The van der Waals surface area contributed by atoms with E-state index in [0.29, 0.717) is 0 Å². The van der Waals surface area contributed by atoms with Gasteiger partial charge in [-0.1, -0.05) is 24.3 Å². The molecule has 0 aliphatic rings. The third-order valence-electron chi connectivity index (χ3n) is 3.86. The normalized spacial score (nSPS) is 10.3. The monoisotopic (exact) mass is 352 g/mol. The average Bonchev–Trinajstić information content (AvgIpc) is 3.20. The molecule has 132 valence electrons. The standard InChI is InChI=1S/C18H16N4O4/c1-26-17-7-6-14(22(24)25)10-15(17)18(23)19-11-12-2-4-13(5-3-12)16-8-9-20-21-16/h2-10H,11H2,1H3,(H,19,23)(H,20,21). The van der Waals surface area contributed by atoms with E-state index in [1.807, 2.05) is 30.3 Å². The third kappa shape index (κ3) is 3.69. The molecule has 1 heterocycles. The summed E-state index contributed by atoms with van der Waals surface area (Å²) in [6.45, 7) is 0.286. The number of amides is 1. The summed E-state index contributed by atoms with van der Waals surface area (Å²) in [7, 11) is 1.41. The lowest BCUT2D eigenvalue weighted by Gasteiger charge is -2.09. The van der Waals surface area contributed by atoms with Crippen molar-refractivity contribution in [1.82, 2.24) is 15.5 Å². The highest BCUT2D eigenvalue weighted by Gasteiger charge is 2.17. The molecule has 0 saturated heterocycles. The first-order valence-corrected chi connectivity index (χ1v) is 7.78. The smallest absolute Gasteiger partial charge is 0.270 e. The molecule has 3 aromatic rings. The molecule has 0 aliphatic heterocycles. The number of hydrogen-bond donors (Lipinski definition) is 2. The van der Waals surface area contributed by atoms with E-state index in [1.54, 1.807) is 6.20 Å². The first kappa shape index (κ1) is 17.2. The fourth-order valence-electron chi connectivity index (χ4n) is 2.48. The number of ether oxygens (including phenoxy) is 1. The van der Waals surface area contributed by atoms with Crippen LogP contribution in [0.3, 0.4) is 0 Å². The van der Waals surface area contributed by atoms with Gasteiger partial charge in [0.05, 0.1) is 23.3 Å². The first-order chi connectivity index (χ1) is 12.6. The molecule has 0 aliphatic carbocycles. The predicted octanol–water partition coefficient (Wildman–Crippen LogP) is 2.92. The van der Waals surface area contributed by atoms with Crippen LogP contribution in [0.1, 0.15) is 15.9 Å². The van der Waals surface area contributed by atoms with E-state index < -0.39 is 10.8 Å². The number of benzene rings is 2. The van der Waals surface area contributed by atoms with E-state index >= 15 is 0 Å². The van der Waals surface area contributed by atoms with Gasteiger partial charge in [0, 0.05) is 24.9 Å². The molecular formula is C18H16N4O4. The summed E-state index contributed by atoms with van der Waals surface area (Å²) in [4.78, 5) is 22.8. The van der Waals surface area contributed by atoms with Crippen LogP contribution < -0.4 is 10.1 Å². The van der Waals surface area contributed by atoms with Crippen molar-refractivity contribution < 1.29 is 14.5 Å². The quantitative estimate of drug-likeness (QED) is 0.523. The van der Waals surface area contributed by atoms with Crippen LogP contribution in [0.5, 0.6) is 5.75 Å². The molecule has 0 saturated carbocycles. The maximum Gasteiger partial charge on any atom is 0.270 e. The van der Waals surface area contributed by atoms with Crippen LogP contribution in [0.4, 0.5) is 5.69 Å². The van der Waals surface area contributed by atoms with Crippen LogP contribution in [-0.4, -0.2) is 28.1 Å². The first-order valence-electron chi connectivity index (χ1n) is 7.78. The Morgan fingerprint density at radius 3 is 2.62 bits per heavy atom. The van der Waals surface area contributed by atoms with Crippen LogP contribution in [-0.2, 0) is 6.54 Å². The van der Waals surface area contributed by atoms with Crippen molar-refractivity contribution in [3.05, 3.63) is 76.0 Å². The number of aromatic nitrogens is 2. The SMILES string of the molecule is COc1ccc([N+](=O)[O-])cc1C(=O)NCc1ccc(-c2ccn[nH]2)cc1. The van der Waals surface area contributed by atoms with Gasteiger partial charge in [0.2, 0.25) is 0 Å². The average molecular weight is 352 g/mol. The van der Waals surface area contributed by atoms with Crippen molar-refractivity contribution in [3.63, 3.8) is 0 Å². The molecule has 0 unspecified atom stereocenters. The lowest BCUT2D eigenvalue weighted by atomic mass is 10.1. The van der Waals surface area contributed by atoms with E-state index in [-0.39, 0.29) is 23.5 Å². The summed E-state index contributed by atoms with van der Waals surface area (Å²) in [5.41, 5.74) is 2.74. The van der Waals surface area contributed by atoms with Crippen molar-refractivity contribution in [1.29, 1.82) is 0 Å². The number of nitro groups is 1. The van der Waals surface area contributed by atoms with Crippen LogP contribution in [0.15, 0.2) is 54.7 Å². The lowest BCUT2D eigenvalue weighted by Crippen LogP contribution is -2.23. The Morgan fingerprint density at radius 1 is 1.23 bits per heavy atom. The fourth-order valence-corrected chi connectivity index (χ4v) is 2.48. The maximum absolute atomic E-state index is 12.4. The number of hydrogen-bond acceptors (Lipinski definition) is 5. The number of nitro benzene ring substituents is 1. The molecule has 8 nitrogen and oxygen atoms in total. The topological polar surface area (TPSA) is 110 Å². The molecule has 0 fully saturated rings. The Hall–Kier alpha value is -3.68. The van der Waals surface area contributed by atoms with Crippen LogP contribution in [0.25, 0.3) is 11.3 Å². The van der Waals surface area contributed by atoms with E-state index in [0.717, 1.165) is 16.8 Å². The second kappa shape index (κ2) is 7.47. The highest BCUT2D eigenvalue weighted by molar-refractivity contribution is 5.97. The minimum absolute atomic E-state index is 0.121. The van der Waals surface area contributed by atoms with Crippen molar-refractivity contribution in [2.45, 2.75) is 6.54 Å².